The molecular formula is C23H29F2N5O3. The fourth-order valence-corrected chi connectivity index (χ4v) is 3.42. The van der Waals surface area contributed by atoms with Crippen LogP contribution in [-0.4, -0.2) is 42.3 Å². The SMILES string of the molecule is C=CC[C@@H](c1cc(-c2c(NC(=O)C(C)C=C)cnn2C(F)F)ccn1)N(C(=O)O)C(C)(C)C. The number of anilines is 1. The molecule has 0 aliphatic heterocycles. The molecule has 2 aromatic heterocycles. The maximum Gasteiger partial charge on any atom is 0.408 e. The first-order valence-corrected chi connectivity index (χ1v) is 10.3. The van der Waals surface area contributed by atoms with E-state index in [9.17, 15) is 23.5 Å². The van der Waals surface area contributed by atoms with Gasteiger partial charge < -0.3 is 10.4 Å². The maximum atomic E-state index is 13.7. The van der Waals surface area contributed by atoms with Crippen LogP contribution in [0.15, 0.2) is 49.8 Å². The number of carboxylic acid groups (broad SMARTS) is 1. The largest absolute Gasteiger partial charge is 0.465 e. The summed E-state index contributed by atoms with van der Waals surface area (Å²) in [5, 5.41) is 16.2. The summed E-state index contributed by atoms with van der Waals surface area (Å²) in [5.41, 5.74) is -0.0382. The van der Waals surface area contributed by atoms with Crippen molar-refractivity contribution >= 4 is 17.7 Å². The summed E-state index contributed by atoms with van der Waals surface area (Å²) in [5.74, 6) is -0.975. The second-order valence-electron chi connectivity index (χ2n) is 8.48. The third kappa shape index (κ3) is 5.82. The average molecular weight is 462 g/mol. The molecule has 0 saturated heterocycles. The van der Waals surface area contributed by atoms with Gasteiger partial charge in [-0.25, -0.2) is 9.48 Å². The Kier molecular flexibility index (Phi) is 8.08. The van der Waals surface area contributed by atoms with Gasteiger partial charge in [-0.3, -0.25) is 14.7 Å². The minimum Gasteiger partial charge on any atom is -0.465 e. The molecule has 1 unspecified atom stereocenters. The smallest absolute Gasteiger partial charge is 0.408 e. The first kappa shape index (κ1) is 25.7. The van der Waals surface area contributed by atoms with Crippen LogP contribution in [-0.2, 0) is 4.79 Å². The van der Waals surface area contributed by atoms with Crippen molar-refractivity contribution in [2.75, 3.05) is 5.32 Å². The van der Waals surface area contributed by atoms with Crippen molar-refractivity contribution < 1.29 is 23.5 Å². The summed E-state index contributed by atoms with van der Waals surface area (Å²) >= 11 is 0. The molecule has 0 bridgehead atoms. The molecule has 0 fully saturated rings. The molecule has 8 nitrogen and oxygen atoms in total. The van der Waals surface area contributed by atoms with E-state index in [1.54, 1.807) is 33.8 Å². The molecule has 0 aliphatic rings. The third-order valence-electron chi connectivity index (χ3n) is 5.03. The number of hydrogen-bond donors (Lipinski definition) is 2. The fraction of sp³-hybridized carbons (Fsp3) is 0.391. The molecule has 2 rings (SSSR count). The zero-order chi connectivity index (χ0) is 24.9. The number of nitrogens with one attached hydrogen (secondary N) is 1. The molecule has 2 N–H and O–H groups in total. The van der Waals surface area contributed by atoms with Crippen LogP contribution in [0.25, 0.3) is 11.3 Å². The fourth-order valence-electron chi connectivity index (χ4n) is 3.42. The summed E-state index contributed by atoms with van der Waals surface area (Å²) in [6.07, 6.45) is 4.68. The summed E-state index contributed by atoms with van der Waals surface area (Å²) in [7, 11) is 0. The quantitative estimate of drug-likeness (QED) is 0.481. The highest BCUT2D eigenvalue weighted by Crippen LogP contribution is 2.35. The number of carbonyl (C=O) groups excluding carboxylic acids is 1. The molecule has 2 amide bonds. The summed E-state index contributed by atoms with van der Waals surface area (Å²) in [6.45, 7) is 11.2. The Morgan fingerprint density at radius 3 is 2.52 bits per heavy atom. The van der Waals surface area contributed by atoms with Crippen LogP contribution in [0.1, 0.15) is 52.4 Å². The van der Waals surface area contributed by atoms with Crippen molar-refractivity contribution in [1.82, 2.24) is 19.7 Å². The van der Waals surface area contributed by atoms with Crippen LogP contribution in [0, 0.1) is 5.92 Å². The van der Waals surface area contributed by atoms with E-state index in [1.807, 2.05) is 0 Å². The van der Waals surface area contributed by atoms with Gasteiger partial charge in [0.1, 0.15) is 0 Å². The summed E-state index contributed by atoms with van der Waals surface area (Å²) in [6, 6.07) is 2.32. The highest BCUT2D eigenvalue weighted by atomic mass is 19.3. The second-order valence-corrected chi connectivity index (χ2v) is 8.48. The number of rotatable bonds is 9. The number of carbonyl (C=O) groups is 2. The Labute approximate surface area is 191 Å². The minimum atomic E-state index is -2.96. The molecular weight excluding hydrogens is 432 g/mol. The van der Waals surface area contributed by atoms with Gasteiger partial charge in [-0.2, -0.15) is 13.9 Å². The molecule has 0 aliphatic carbocycles. The van der Waals surface area contributed by atoms with Gasteiger partial charge in [-0.1, -0.05) is 19.1 Å². The second kappa shape index (κ2) is 10.4. The molecule has 0 aromatic carbocycles. The highest BCUT2D eigenvalue weighted by Gasteiger charge is 2.34. The van der Waals surface area contributed by atoms with Gasteiger partial charge in [0.05, 0.1) is 35.2 Å². The van der Waals surface area contributed by atoms with Crippen LogP contribution in [0.2, 0.25) is 0 Å². The molecule has 0 spiro atoms. The van der Waals surface area contributed by atoms with Crippen LogP contribution in [0.5, 0.6) is 0 Å². The van der Waals surface area contributed by atoms with E-state index in [0.717, 1.165) is 6.20 Å². The topological polar surface area (TPSA) is 100 Å². The predicted octanol–water partition coefficient (Wildman–Crippen LogP) is 5.50. The third-order valence-corrected chi connectivity index (χ3v) is 5.03. The van der Waals surface area contributed by atoms with Crippen molar-refractivity contribution in [2.45, 2.75) is 52.2 Å². The van der Waals surface area contributed by atoms with Gasteiger partial charge in [-0.15, -0.1) is 13.2 Å². The van der Waals surface area contributed by atoms with Crippen molar-refractivity contribution in [3.63, 3.8) is 0 Å². The molecule has 0 saturated carbocycles. The zero-order valence-electron chi connectivity index (χ0n) is 19.1. The van der Waals surface area contributed by atoms with E-state index in [1.165, 1.54) is 29.3 Å². The number of hydrogen-bond acceptors (Lipinski definition) is 4. The lowest BCUT2D eigenvalue weighted by molar-refractivity contribution is -0.118. The van der Waals surface area contributed by atoms with Crippen molar-refractivity contribution in [3.8, 4) is 11.3 Å². The van der Waals surface area contributed by atoms with Crippen LogP contribution < -0.4 is 5.32 Å². The van der Waals surface area contributed by atoms with Gasteiger partial charge in [0.15, 0.2) is 0 Å². The number of nitrogens with zero attached hydrogens (tertiary/aromatic N) is 4. The molecule has 178 valence electrons. The van der Waals surface area contributed by atoms with Gasteiger partial charge in [0.25, 0.3) is 0 Å². The minimum absolute atomic E-state index is 0.0201. The van der Waals surface area contributed by atoms with Crippen molar-refractivity contribution in [3.05, 3.63) is 55.5 Å². The first-order valence-electron chi connectivity index (χ1n) is 10.3. The number of pyridine rings is 1. The lowest BCUT2D eigenvalue weighted by atomic mass is 9.98. The summed E-state index contributed by atoms with van der Waals surface area (Å²) < 4.78 is 27.9. The average Bonchev–Trinajstić information content (AvgIpc) is 3.15. The number of aromatic nitrogens is 3. The zero-order valence-corrected chi connectivity index (χ0v) is 19.1. The van der Waals surface area contributed by atoms with Gasteiger partial charge in [0.2, 0.25) is 5.91 Å². The Bertz CT molecular complexity index is 1030. The van der Waals surface area contributed by atoms with Crippen molar-refractivity contribution in [2.24, 2.45) is 5.92 Å². The Balaban J connectivity index is 2.63. The maximum absolute atomic E-state index is 13.7. The first-order chi connectivity index (χ1) is 15.4. The molecule has 33 heavy (non-hydrogen) atoms. The standard InChI is InChI=1S/C23H29F2N5O3/c1-7-9-18(29(22(32)33)23(4,5)6)16-12-15(10-11-26-16)19-17(13-27-30(19)21(24)25)28-20(31)14(3)8-2/h7-8,10-14,18,21H,1-2,9H2,3-6H3,(H,28,31)(H,32,33)/t14?,18-/m0/s1. The molecule has 2 heterocycles. The lowest BCUT2D eigenvalue weighted by Gasteiger charge is -2.39. The van der Waals surface area contributed by atoms with E-state index in [4.69, 9.17) is 0 Å². The highest BCUT2D eigenvalue weighted by molar-refractivity contribution is 5.96. The summed E-state index contributed by atoms with van der Waals surface area (Å²) in [4.78, 5) is 30.0. The molecule has 2 atom stereocenters. The van der Waals surface area contributed by atoms with Crippen LogP contribution in [0.3, 0.4) is 0 Å². The Morgan fingerprint density at radius 1 is 1.33 bits per heavy atom. The van der Waals surface area contributed by atoms with Crippen LogP contribution >= 0.6 is 0 Å². The number of alkyl halides is 2. The number of amides is 2. The van der Waals surface area contributed by atoms with Gasteiger partial charge in [0, 0.05) is 17.3 Å². The lowest BCUT2D eigenvalue weighted by Crippen LogP contribution is -2.47. The molecule has 0 radical (unpaired) electrons. The predicted molar refractivity (Wildman–Crippen MR) is 122 cm³/mol. The van der Waals surface area contributed by atoms with Gasteiger partial charge >= 0.3 is 12.6 Å². The Hall–Kier alpha value is -3.56. The normalized spacial score (nSPS) is 13.3. The van der Waals surface area contributed by atoms with Crippen molar-refractivity contribution in [1.29, 1.82) is 0 Å². The Morgan fingerprint density at radius 2 is 2.00 bits per heavy atom. The van der Waals surface area contributed by atoms with E-state index in [-0.39, 0.29) is 17.8 Å². The van der Waals surface area contributed by atoms with Crippen LogP contribution in [0.4, 0.5) is 19.3 Å². The molecule has 10 heteroatoms. The van der Waals surface area contributed by atoms with Gasteiger partial charge in [-0.05, 0) is 39.3 Å². The van der Waals surface area contributed by atoms with E-state index in [0.29, 0.717) is 15.9 Å². The van der Waals surface area contributed by atoms with E-state index >= 15 is 0 Å². The molecule has 2 aromatic rings. The van der Waals surface area contributed by atoms with E-state index < -0.39 is 36.0 Å². The van der Waals surface area contributed by atoms with E-state index in [2.05, 4.69) is 28.6 Å². The number of halogens is 2. The monoisotopic (exact) mass is 461 g/mol.